The molecule has 1 spiro atoms. The highest BCUT2D eigenvalue weighted by atomic mass is 79.9. The third-order valence-corrected chi connectivity index (χ3v) is 5.85. The third kappa shape index (κ3) is 3.46. The van der Waals surface area contributed by atoms with E-state index >= 15 is 0 Å². The maximum absolute atomic E-state index is 11.7. The Morgan fingerprint density at radius 3 is 3.10 bits per heavy atom. The summed E-state index contributed by atoms with van der Waals surface area (Å²) in [5.74, 6) is 2.95. The number of thioether (sulfide) groups is 1. The smallest absolute Gasteiger partial charge is 0.163 e. The molecule has 0 amide bonds. The molecule has 0 aliphatic carbocycles. The van der Waals surface area contributed by atoms with E-state index in [1.807, 2.05) is 30.0 Å². The van der Waals surface area contributed by atoms with Gasteiger partial charge in [-0.3, -0.25) is 4.79 Å². The summed E-state index contributed by atoms with van der Waals surface area (Å²) < 4.78 is 13.1. The summed E-state index contributed by atoms with van der Waals surface area (Å²) >= 11 is 5.41. The van der Waals surface area contributed by atoms with Gasteiger partial charge in [-0.2, -0.15) is 11.8 Å². The second-order valence-electron chi connectivity index (χ2n) is 5.76. The Kier molecular flexibility index (Phi) is 4.62. The minimum atomic E-state index is -0.00399. The molecule has 0 N–H and O–H groups in total. The predicted octanol–water partition coefficient (Wildman–Crippen LogP) is 4.09. The molecular weight excluding hydrogens is 352 g/mol. The number of hydrogen-bond acceptors (Lipinski definition) is 4. The van der Waals surface area contributed by atoms with E-state index in [0.29, 0.717) is 11.3 Å². The fraction of sp³-hybridized carbons (Fsp3) is 0.562. The molecule has 2 aliphatic heterocycles. The fourth-order valence-corrected chi connectivity index (χ4v) is 4.73. The Hall–Kier alpha value is -0.520. The number of benzene rings is 1. The normalized spacial score (nSPS) is 28.8. The summed E-state index contributed by atoms with van der Waals surface area (Å²) in [7, 11) is 0. The van der Waals surface area contributed by atoms with Crippen molar-refractivity contribution in [3.63, 3.8) is 0 Å². The van der Waals surface area contributed by atoms with Gasteiger partial charge in [0.25, 0.3) is 0 Å². The molecule has 2 heterocycles. The zero-order valence-corrected chi connectivity index (χ0v) is 14.5. The first-order chi connectivity index (χ1) is 10.1. The summed E-state index contributed by atoms with van der Waals surface area (Å²) in [5, 5.41) is 0. The van der Waals surface area contributed by atoms with E-state index in [1.54, 1.807) is 6.92 Å². The number of rotatable bonds is 3. The van der Waals surface area contributed by atoms with Crippen molar-refractivity contribution in [3.8, 4) is 5.75 Å². The molecule has 2 aliphatic rings. The van der Waals surface area contributed by atoms with Crippen molar-refractivity contribution in [2.75, 3.05) is 18.1 Å². The Morgan fingerprint density at radius 2 is 2.38 bits per heavy atom. The lowest BCUT2D eigenvalue weighted by Crippen LogP contribution is -2.44. The fourth-order valence-electron chi connectivity index (χ4n) is 3.01. The number of ketones is 1. The summed E-state index contributed by atoms with van der Waals surface area (Å²) in [6.45, 7) is 2.32. The van der Waals surface area contributed by atoms with Crippen LogP contribution in [0.15, 0.2) is 22.7 Å². The molecule has 2 unspecified atom stereocenters. The van der Waals surface area contributed by atoms with Crippen molar-refractivity contribution in [1.29, 1.82) is 0 Å². The Labute approximate surface area is 137 Å². The van der Waals surface area contributed by atoms with Crippen molar-refractivity contribution >= 4 is 33.5 Å². The van der Waals surface area contributed by atoms with E-state index in [4.69, 9.17) is 9.47 Å². The van der Waals surface area contributed by atoms with Crippen LogP contribution in [0.2, 0.25) is 0 Å². The van der Waals surface area contributed by atoms with E-state index in [2.05, 4.69) is 15.9 Å². The van der Waals surface area contributed by atoms with E-state index in [9.17, 15) is 4.79 Å². The molecule has 0 radical (unpaired) electrons. The Balaban J connectivity index is 1.77. The highest BCUT2D eigenvalue weighted by molar-refractivity contribution is 9.10. The molecule has 5 heteroatoms. The minimum absolute atomic E-state index is 0.00399. The number of halogens is 1. The average Bonchev–Trinajstić information content (AvgIpc) is 2.86. The van der Waals surface area contributed by atoms with Gasteiger partial charge in [0.15, 0.2) is 5.78 Å². The van der Waals surface area contributed by atoms with Gasteiger partial charge in [0.2, 0.25) is 0 Å². The second-order valence-corrected chi connectivity index (χ2v) is 7.78. The molecule has 3 rings (SSSR count). The van der Waals surface area contributed by atoms with Crippen LogP contribution in [-0.4, -0.2) is 35.6 Å². The Morgan fingerprint density at radius 1 is 1.52 bits per heavy atom. The molecule has 0 saturated carbocycles. The third-order valence-electron chi connectivity index (χ3n) is 4.13. The van der Waals surface area contributed by atoms with Gasteiger partial charge in [-0.05, 0) is 37.3 Å². The molecule has 2 atom stereocenters. The van der Waals surface area contributed by atoms with Crippen LogP contribution in [0.1, 0.15) is 36.5 Å². The topological polar surface area (TPSA) is 35.5 Å². The van der Waals surface area contributed by atoms with Gasteiger partial charge in [0, 0.05) is 23.1 Å². The summed E-state index contributed by atoms with van der Waals surface area (Å²) in [6, 6.07) is 5.59. The second kappa shape index (κ2) is 6.31. The molecule has 0 aromatic heterocycles. The van der Waals surface area contributed by atoms with Crippen LogP contribution in [0, 0.1) is 0 Å². The lowest BCUT2D eigenvalue weighted by molar-refractivity contribution is -0.0959. The van der Waals surface area contributed by atoms with Gasteiger partial charge >= 0.3 is 0 Å². The van der Waals surface area contributed by atoms with Crippen LogP contribution < -0.4 is 4.74 Å². The summed E-state index contributed by atoms with van der Waals surface area (Å²) in [5.41, 5.74) is 0.648. The van der Waals surface area contributed by atoms with Crippen LogP contribution in [0.5, 0.6) is 5.75 Å². The number of carbonyl (C=O) groups excluding carboxylic acids is 1. The van der Waals surface area contributed by atoms with Crippen LogP contribution >= 0.6 is 27.7 Å². The minimum Gasteiger partial charge on any atom is -0.489 e. The lowest BCUT2D eigenvalue weighted by Gasteiger charge is -2.37. The average molecular weight is 371 g/mol. The highest BCUT2D eigenvalue weighted by Gasteiger charge is 2.41. The summed E-state index contributed by atoms with van der Waals surface area (Å²) in [4.78, 5) is 11.7. The van der Waals surface area contributed by atoms with Gasteiger partial charge in [0.05, 0.1) is 17.8 Å². The monoisotopic (exact) mass is 370 g/mol. The van der Waals surface area contributed by atoms with Crippen LogP contribution in [0.25, 0.3) is 0 Å². The van der Waals surface area contributed by atoms with Crippen LogP contribution in [-0.2, 0) is 4.74 Å². The van der Waals surface area contributed by atoms with E-state index < -0.39 is 0 Å². The molecule has 21 heavy (non-hydrogen) atoms. The quantitative estimate of drug-likeness (QED) is 0.750. The molecular formula is C16H19BrO3S. The van der Waals surface area contributed by atoms with E-state index in [-0.39, 0.29) is 17.5 Å². The molecule has 2 saturated heterocycles. The van der Waals surface area contributed by atoms with E-state index in [0.717, 1.165) is 36.1 Å². The first-order valence-electron chi connectivity index (χ1n) is 7.27. The van der Waals surface area contributed by atoms with Gasteiger partial charge < -0.3 is 9.47 Å². The molecule has 1 aromatic rings. The van der Waals surface area contributed by atoms with Gasteiger partial charge in [-0.1, -0.05) is 15.9 Å². The van der Waals surface area contributed by atoms with Crippen LogP contribution in [0.4, 0.5) is 0 Å². The van der Waals surface area contributed by atoms with Gasteiger partial charge in [-0.25, -0.2) is 0 Å². The van der Waals surface area contributed by atoms with Crippen molar-refractivity contribution in [3.05, 3.63) is 28.2 Å². The summed E-state index contributed by atoms with van der Waals surface area (Å²) in [6.07, 6.45) is 3.04. The lowest BCUT2D eigenvalue weighted by atomic mass is 9.91. The van der Waals surface area contributed by atoms with Crippen LogP contribution in [0.3, 0.4) is 0 Å². The zero-order valence-electron chi connectivity index (χ0n) is 12.1. The number of carbonyl (C=O) groups is 1. The standard InChI is InChI=1S/C16H19BrO3S/c1-11(18)14-3-2-12(17)8-15(14)20-13-4-6-19-16(9-13)5-7-21-10-16/h2-3,8,13H,4-7,9-10H2,1H3. The number of Topliss-reactive ketones (excluding diaryl/α,β-unsaturated/α-hetero) is 1. The van der Waals surface area contributed by atoms with Crippen molar-refractivity contribution in [2.24, 2.45) is 0 Å². The zero-order chi connectivity index (χ0) is 14.9. The number of hydrogen-bond donors (Lipinski definition) is 0. The largest absolute Gasteiger partial charge is 0.489 e. The molecule has 0 bridgehead atoms. The van der Waals surface area contributed by atoms with Crippen molar-refractivity contribution in [1.82, 2.24) is 0 Å². The highest BCUT2D eigenvalue weighted by Crippen LogP contribution is 2.39. The van der Waals surface area contributed by atoms with E-state index in [1.165, 1.54) is 5.75 Å². The van der Waals surface area contributed by atoms with Gasteiger partial charge in [-0.15, -0.1) is 0 Å². The SMILES string of the molecule is CC(=O)c1ccc(Br)cc1OC1CCOC2(CCSC2)C1. The molecule has 1 aromatic carbocycles. The predicted molar refractivity (Wildman–Crippen MR) is 88.4 cm³/mol. The van der Waals surface area contributed by atoms with Gasteiger partial charge in [0.1, 0.15) is 11.9 Å². The molecule has 114 valence electrons. The Bertz CT molecular complexity index is 540. The molecule has 3 nitrogen and oxygen atoms in total. The maximum Gasteiger partial charge on any atom is 0.163 e. The maximum atomic E-state index is 11.7. The van der Waals surface area contributed by atoms with Crippen molar-refractivity contribution in [2.45, 2.75) is 37.9 Å². The first-order valence-corrected chi connectivity index (χ1v) is 9.22. The number of ether oxygens (including phenoxy) is 2. The van der Waals surface area contributed by atoms with Crippen molar-refractivity contribution < 1.29 is 14.3 Å². The molecule has 2 fully saturated rings. The first kappa shape index (κ1) is 15.4.